The van der Waals surface area contributed by atoms with Crippen LogP contribution in [0.2, 0.25) is 0 Å². The minimum Gasteiger partial charge on any atom is -0.480 e. The van der Waals surface area contributed by atoms with Crippen LogP contribution >= 0.6 is 0 Å². The summed E-state index contributed by atoms with van der Waals surface area (Å²) in [6.45, 7) is 5.13. The quantitative estimate of drug-likeness (QED) is 0.758. The van der Waals surface area contributed by atoms with E-state index in [0.29, 0.717) is 5.56 Å². The second kappa shape index (κ2) is 8.49. The van der Waals surface area contributed by atoms with E-state index in [1.54, 1.807) is 32.9 Å². The van der Waals surface area contributed by atoms with E-state index in [4.69, 9.17) is 4.74 Å². The van der Waals surface area contributed by atoms with Crippen LogP contribution in [0.1, 0.15) is 36.7 Å². The maximum absolute atomic E-state index is 11.8. The Bertz CT molecular complexity index is 804. The second-order valence-electron chi connectivity index (χ2n) is 7.18. The molecular formula is C21H23NO5. The number of benzene rings is 2. The van der Waals surface area contributed by atoms with Gasteiger partial charge in [-0.25, -0.2) is 9.59 Å². The van der Waals surface area contributed by atoms with Gasteiger partial charge in [0.15, 0.2) is 0 Å². The molecule has 142 valence electrons. The smallest absolute Gasteiger partial charge is 0.408 e. The Morgan fingerprint density at radius 3 is 2.00 bits per heavy atom. The molecule has 2 aromatic carbocycles. The van der Waals surface area contributed by atoms with Gasteiger partial charge in [0.1, 0.15) is 17.9 Å². The maximum atomic E-state index is 11.8. The van der Waals surface area contributed by atoms with Gasteiger partial charge in [0.05, 0.1) is 0 Å². The van der Waals surface area contributed by atoms with Crippen LogP contribution < -0.4 is 5.32 Å². The summed E-state index contributed by atoms with van der Waals surface area (Å²) >= 11 is 0. The normalized spacial score (nSPS) is 12.1. The highest BCUT2D eigenvalue weighted by atomic mass is 16.6. The zero-order chi connectivity index (χ0) is 20.0. The van der Waals surface area contributed by atoms with Gasteiger partial charge in [0.2, 0.25) is 0 Å². The van der Waals surface area contributed by atoms with Gasteiger partial charge in [-0.3, -0.25) is 4.79 Å². The fraction of sp³-hybridized carbons (Fsp3) is 0.286. The number of carboxylic acid groups (broad SMARTS) is 1. The Hall–Kier alpha value is -3.15. The maximum Gasteiger partial charge on any atom is 0.408 e. The number of hydrogen-bond acceptors (Lipinski definition) is 4. The molecule has 0 spiro atoms. The van der Waals surface area contributed by atoms with Crippen molar-refractivity contribution in [1.29, 1.82) is 0 Å². The van der Waals surface area contributed by atoms with Gasteiger partial charge in [0, 0.05) is 12.0 Å². The molecule has 6 nitrogen and oxygen atoms in total. The van der Waals surface area contributed by atoms with E-state index < -0.39 is 23.7 Å². The topological polar surface area (TPSA) is 92.7 Å². The summed E-state index contributed by atoms with van der Waals surface area (Å²) in [7, 11) is 0. The summed E-state index contributed by atoms with van der Waals surface area (Å²) in [6.07, 6.45) is 0.164. The minimum atomic E-state index is -1.13. The van der Waals surface area contributed by atoms with Crippen LogP contribution in [-0.4, -0.2) is 35.1 Å². The summed E-state index contributed by atoms with van der Waals surface area (Å²) in [5.41, 5.74) is 2.57. The number of carbonyl (C=O) groups is 3. The van der Waals surface area contributed by atoms with Crippen molar-refractivity contribution in [3.05, 3.63) is 59.7 Å². The first-order valence-corrected chi connectivity index (χ1v) is 8.55. The number of alkyl carbamates (subject to hydrolysis) is 1. The molecule has 0 radical (unpaired) electrons. The van der Waals surface area contributed by atoms with Crippen LogP contribution in [0.25, 0.3) is 11.1 Å². The van der Waals surface area contributed by atoms with Crippen molar-refractivity contribution in [3.8, 4) is 11.1 Å². The second-order valence-corrected chi connectivity index (χ2v) is 7.18. The Kier molecular flexibility index (Phi) is 6.34. The lowest BCUT2D eigenvalue weighted by molar-refractivity contribution is -0.139. The molecule has 6 heteroatoms. The molecule has 2 rings (SSSR count). The van der Waals surface area contributed by atoms with E-state index >= 15 is 0 Å². The molecule has 2 aromatic rings. The molecule has 0 aliphatic heterocycles. The summed E-state index contributed by atoms with van der Waals surface area (Å²) < 4.78 is 5.11. The van der Waals surface area contributed by atoms with Crippen LogP contribution in [-0.2, 0) is 16.0 Å². The zero-order valence-corrected chi connectivity index (χ0v) is 15.6. The van der Waals surface area contributed by atoms with Crippen molar-refractivity contribution in [3.63, 3.8) is 0 Å². The molecule has 1 amide bonds. The van der Waals surface area contributed by atoms with E-state index in [1.807, 2.05) is 36.4 Å². The Morgan fingerprint density at radius 2 is 1.56 bits per heavy atom. The van der Waals surface area contributed by atoms with E-state index in [-0.39, 0.29) is 6.42 Å². The van der Waals surface area contributed by atoms with Crippen molar-refractivity contribution in [2.75, 3.05) is 0 Å². The van der Waals surface area contributed by atoms with Crippen LogP contribution in [0.15, 0.2) is 48.5 Å². The standard InChI is InChI=1S/C21H23NO5/c1-21(2,3)27-20(26)22-18(19(24)25)12-14-4-8-16(9-5-14)17-10-6-15(13-23)7-11-17/h4-11,13,18H,12H2,1-3H3,(H,22,26)(H,24,25). The summed E-state index contributed by atoms with van der Waals surface area (Å²) in [5, 5.41) is 11.8. The predicted octanol–water partition coefficient (Wildman–Crippen LogP) is 3.69. The molecule has 0 bridgehead atoms. The van der Waals surface area contributed by atoms with Gasteiger partial charge >= 0.3 is 12.1 Å². The highest BCUT2D eigenvalue weighted by Gasteiger charge is 2.24. The predicted molar refractivity (Wildman–Crippen MR) is 102 cm³/mol. The molecule has 0 aliphatic carbocycles. The first-order valence-electron chi connectivity index (χ1n) is 8.55. The molecule has 1 atom stereocenters. The van der Waals surface area contributed by atoms with Crippen LogP contribution in [0.4, 0.5) is 4.79 Å². The Labute approximate surface area is 158 Å². The Balaban J connectivity index is 2.06. The number of aliphatic carboxylic acids is 1. The first-order chi connectivity index (χ1) is 12.7. The van der Waals surface area contributed by atoms with Gasteiger partial charge in [0.25, 0.3) is 0 Å². The molecule has 0 saturated heterocycles. The third-order valence-corrected chi connectivity index (χ3v) is 3.76. The zero-order valence-electron chi connectivity index (χ0n) is 15.6. The molecular weight excluding hydrogens is 346 g/mol. The number of carboxylic acids is 1. The number of amides is 1. The lowest BCUT2D eigenvalue weighted by Gasteiger charge is -2.22. The molecule has 27 heavy (non-hydrogen) atoms. The van der Waals surface area contributed by atoms with Crippen LogP contribution in [0.5, 0.6) is 0 Å². The lowest BCUT2D eigenvalue weighted by Crippen LogP contribution is -2.44. The minimum absolute atomic E-state index is 0.138. The van der Waals surface area contributed by atoms with Crippen LogP contribution in [0.3, 0.4) is 0 Å². The van der Waals surface area contributed by atoms with Gasteiger partial charge < -0.3 is 15.2 Å². The monoisotopic (exact) mass is 369 g/mol. The van der Waals surface area contributed by atoms with E-state index in [2.05, 4.69) is 5.32 Å². The number of hydrogen-bond donors (Lipinski definition) is 2. The molecule has 0 saturated carbocycles. The average molecular weight is 369 g/mol. The molecule has 0 aliphatic rings. The van der Waals surface area contributed by atoms with E-state index in [9.17, 15) is 19.5 Å². The van der Waals surface area contributed by atoms with Gasteiger partial charge in [-0.2, -0.15) is 0 Å². The van der Waals surface area contributed by atoms with E-state index in [0.717, 1.165) is 23.0 Å². The highest BCUT2D eigenvalue weighted by Crippen LogP contribution is 2.20. The third-order valence-electron chi connectivity index (χ3n) is 3.76. The number of aldehydes is 1. The van der Waals surface area contributed by atoms with Crippen molar-refractivity contribution in [2.45, 2.75) is 38.8 Å². The van der Waals surface area contributed by atoms with Crippen molar-refractivity contribution in [2.24, 2.45) is 0 Å². The number of carbonyl (C=O) groups excluding carboxylic acids is 2. The van der Waals surface area contributed by atoms with Crippen molar-refractivity contribution < 1.29 is 24.2 Å². The summed E-state index contributed by atoms with van der Waals surface area (Å²) in [4.78, 5) is 34.0. The van der Waals surface area contributed by atoms with Crippen LogP contribution in [0, 0.1) is 0 Å². The molecule has 1 unspecified atom stereocenters. The number of ether oxygens (including phenoxy) is 1. The van der Waals surface area contributed by atoms with Gasteiger partial charge in [-0.05, 0) is 37.5 Å². The SMILES string of the molecule is CC(C)(C)OC(=O)NC(Cc1ccc(-c2ccc(C=O)cc2)cc1)C(=O)O. The average Bonchev–Trinajstić information content (AvgIpc) is 2.60. The fourth-order valence-electron chi connectivity index (χ4n) is 2.47. The number of rotatable bonds is 6. The molecule has 0 fully saturated rings. The third kappa shape index (κ3) is 6.26. The summed E-state index contributed by atoms with van der Waals surface area (Å²) in [5.74, 6) is -1.13. The molecule has 0 aromatic heterocycles. The molecule has 0 heterocycles. The van der Waals surface area contributed by atoms with Gasteiger partial charge in [-0.1, -0.05) is 48.5 Å². The summed E-state index contributed by atoms with van der Waals surface area (Å²) in [6, 6.07) is 13.5. The van der Waals surface area contributed by atoms with Crippen molar-refractivity contribution in [1.82, 2.24) is 5.32 Å². The highest BCUT2D eigenvalue weighted by molar-refractivity contribution is 5.80. The van der Waals surface area contributed by atoms with Crippen molar-refractivity contribution >= 4 is 18.3 Å². The Morgan fingerprint density at radius 1 is 1.04 bits per heavy atom. The first kappa shape index (κ1) is 20.2. The van der Waals surface area contributed by atoms with E-state index in [1.165, 1.54) is 0 Å². The largest absolute Gasteiger partial charge is 0.480 e. The number of nitrogens with one attached hydrogen (secondary N) is 1. The fourth-order valence-corrected chi connectivity index (χ4v) is 2.47. The van der Waals surface area contributed by atoms with Gasteiger partial charge in [-0.15, -0.1) is 0 Å². The molecule has 2 N–H and O–H groups in total. The lowest BCUT2D eigenvalue weighted by atomic mass is 10.00.